The van der Waals surface area contributed by atoms with Crippen LogP contribution in [-0.4, -0.2) is 21.6 Å². The third kappa shape index (κ3) is 3.30. The molecule has 84 valence electrons. The molecule has 0 spiro atoms. The molecule has 0 fully saturated rings. The van der Waals surface area contributed by atoms with Crippen LogP contribution in [0.15, 0.2) is 24.3 Å². The van der Waals surface area contributed by atoms with Crippen LogP contribution in [0.5, 0.6) is 0 Å². The zero-order valence-electron chi connectivity index (χ0n) is 9.02. The summed E-state index contributed by atoms with van der Waals surface area (Å²) in [6.45, 7) is 4.25. The first kappa shape index (κ1) is 12.7. The van der Waals surface area contributed by atoms with Crippen molar-refractivity contribution in [3.63, 3.8) is 0 Å². The number of aliphatic hydroxyl groups is 2. The Labute approximate surface area is 99.1 Å². The Kier molecular flexibility index (Phi) is 4.77. The highest BCUT2D eigenvalue weighted by atomic mass is 79.9. The van der Waals surface area contributed by atoms with Gasteiger partial charge in [0.25, 0.3) is 0 Å². The Morgan fingerprint density at radius 1 is 1.07 bits per heavy atom. The zero-order valence-corrected chi connectivity index (χ0v) is 10.6. The lowest BCUT2D eigenvalue weighted by molar-refractivity contribution is 0.0342. The summed E-state index contributed by atoms with van der Waals surface area (Å²) in [6.07, 6.45) is -1.57. The molecular formula is C12H17BrO2. The number of halogens is 1. The van der Waals surface area contributed by atoms with E-state index in [-0.39, 0.29) is 0 Å². The van der Waals surface area contributed by atoms with Crippen molar-refractivity contribution >= 4 is 15.9 Å². The van der Waals surface area contributed by atoms with Gasteiger partial charge in [0.05, 0.1) is 6.10 Å². The van der Waals surface area contributed by atoms with E-state index < -0.39 is 12.2 Å². The van der Waals surface area contributed by atoms with E-state index in [4.69, 9.17) is 0 Å². The van der Waals surface area contributed by atoms with E-state index in [0.717, 1.165) is 5.56 Å². The molecule has 0 aliphatic carbocycles. The van der Waals surface area contributed by atoms with E-state index in [0.29, 0.717) is 11.2 Å². The van der Waals surface area contributed by atoms with Crippen LogP contribution in [0.4, 0.5) is 0 Å². The van der Waals surface area contributed by atoms with Gasteiger partial charge in [-0.25, -0.2) is 0 Å². The summed E-state index contributed by atoms with van der Waals surface area (Å²) in [5.74, 6) is 0.484. The molecule has 0 saturated carbocycles. The maximum absolute atomic E-state index is 9.74. The number of hydrogen-bond acceptors (Lipinski definition) is 2. The Hall–Kier alpha value is -0.380. The lowest BCUT2D eigenvalue weighted by Crippen LogP contribution is -2.19. The minimum Gasteiger partial charge on any atom is -0.389 e. The molecule has 1 aromatic rings. The summed E-state index contributed by atoms with van der Waals surface area (Å²) in [6, 6.07) is 7.71. The highest BCUT2D eigenvalue weighted by Crippen LogP contribution is 2.21. The van der Waals surface area contributed by atoms with E-state index in [1.165, 1.54) is 5.56 Å². The lowest BCUT2D eigenvalue weighted by atomic mass is 9.99. The van der Waals surface area contributed by atoms with Gasteiger partial charge in [-0.05, 0) is 17.0 Å². The summed E-state index contributed by atoms with van der Waals surface area (Å²) >= 11 is 3.14. The average molecular weight is 273 g/mol. The van der Waals surface area contributed by atoms with Crippen LogP contribution in [0.1, 0.15) is 37.0 Å². The predicted octanol–water partition coefficient (Wildman–Crippen LogP) is 2.60. The van der Waals surface area contributed by atoms with Crippen LogP contribution in [-0.2, 0) is 0 Å². The van der Waals surface area contributed by atoms with Gasteiger partial charge in [-0.2, -0.15) is 0 Å². The van der Waals surface area contributed by atoms with Gasteiger partial charge in [-0.15, -0.1) is 0 Å². The summed E-state index contributed by atoms with van der Waals surface area (Å²) in [7, 11) is 0. The number of alkyl halides is 1. The van der Waals surface area contributed by atoms with Gasteiger partial charge in [-0.3, -0.25) is 0 Å². The van der Waals surface area contributed by atoms with Crippen LogP contribution in [0.3, 0.4) is 0 Å². The Balaban J connectivity index is 2.79. The number of rotatable bonds is 4. The Bertz CT molecular complexity index is 295. The summed E-state index contributed by atoms with van der Waals surface area (Å²) in [5.41, 5.74) is 1.99. The van der Waals surface area contributed by atoms with Gasteiger partial charge in [0.1, 0.15) is 6.10 Å². The number of hydrogen-bond donors (Lipinski definition) is 2. The molecule has 0 heterocycles. The second-order valence-electron chi connectivity index (χ2n) is 3.99. The van der Waals surface area contributed by atoms with Crippen LogP contribution in [0, 0.1) is 0 Å². The smallest absolute Gasteiger partial charge is 0.106 e. The molecule has 0 radical (unpaired) electrons. The van der Waals surface area contributed by atoms with Crippen molar-refractivity contribution in [2.75, 3.05) is 5.33 Å². The van der Waals surface area contributed by atoms with Crippen LogP contribution >= 0.6 is 15.9 Å². The average Bonchev–Trinajstić information content (AvgIpc) is 2.27. The molecule has 0 aliphatic heterocycles. The second kappa shape index (κ2) is 5.64. The summed E-state index contributed by atoms with van der Waals surface area (Å²) < 4.78 is 0. The molecule has 0 bridgehead atoms. The summed E-state index contributed by atoms with van der Waals surface area (Å²) in [4.78, 5) is 0. The highest BCUT2D eigenvalue weighted by Gasteiger charge is 2.16. The first-order valence-corrected chi connectivity index (χ1v) is 6.20. The van der Waals surface area contributed by atoms with Crippen molar-refractivity contribution in [1.82, 2.24) is 0 Å². The van der Waals surface area contributed by atoms with Crippen molar-refractivity contribution in [1.29, 1.82) is 0 Å². The van der Waals surface area contributed by atoms with E-state index in [2.05, 4.69) is 29.8 Å². The molecular weight excluding hydrogens is 256 g/mol. The fraction of sp³-hybridized carbons (Fsp3) is 0.500. The minimum absolute atomic E-state index is 0.375. The maximum atomic E-state index is 9.74. The zero-order chi connectivity index (χ0) is 11.4. The van der Waals surface area contributed by atoms with Gasteiger partial charge in [0, 0.05) is 5.33 Å². The minimum atomic E-state index is -0.814. The first-order chi connectivity index (χ1) is 7.06. The Morgan fingerprint density at radius 2 is 1.53 bits per heavy atom. The highest BCUT2D eigenvalue weighted by molar-refractivity contribution is 9.09. The van der Waals surface area contributed by atoms with Crippen molar-refractivity contribution in [2.45, 2.75) is 32.0 Å². The van der Waals surface area contributed by atoms with Crippen LogP contribution in [0.2, 0.25) is 0 Å². The van der Waals surface area contributed by atoms with Gasteiger partial charge in [-0.1, -0.05) is 54.0 Å². The second-order valence-corrected chi connectivity index (χ2v) is 4.64. The van der Waals surface area contributed by atoms with Gasteiger partial charge >= 0.3 is 0 Å². The largest absolute Gasteiger partial charge is 0.389 e. The van der Waals surface area contributed by atoms with Gasteiger partial charge in [0.15, 0.2) is 0 Å². The van der Waals surface area contributed by atoms with Gasteiger partial charge in [0.2, 0.25) is 0 Å². The van der Waals surface area contributed by atoms with Crippen molar-refractivity contribution < 1.29 is 10.2 Å². The molecule has 1 aromatic carbocycles. The molecule has 2 nitrogen and oxygen atoms in total. The number of aliphatic hydroxyl groups excluding tert-OH is 2. The molecule has 2 N–H and O–H groups in total. The van der Waals surface area contributed by atoms with Crippen LogP contribution < -0.4 is 0 Å². The molecule has 3 heteroatoms. The monoisotopic (exact) mass is 272 g/mol. The van der Waals surface area contributed by atoms with E-state index in [1.54, 1.807) is 0 Å². The van der Waals surface area contributed by atoms with Crippen molar-refractivity contribution in [2.24, 2.45) is 0 Å². The van der Waals surface area contributed by atoms with E-state index in [1.807, 2.05) is 24.3 Å². The molecule has 1 rings (SSSR count). The van der Waals surface area contributed by atoms with Crippen LogP contribution in [0.25, 0.3) is 0 Å². The molecule has 0 amide bonds. The molecule has 0 aliphatic rings. The third-order valence-electron chi connectivity index (χ3n) is 2.47. The lowest BCUT2D eigenvalue weighted by Gasteiger charge is -2.16. The normalized spacial score (nSPS) is 15.3. The molecule has 2 unspecified atom stereocenters. The molecule has 15 heavy (non-hydrogen) atoms. The number of benzene rings is 1. The van der Waals surface area contributed by atoms with E-state index >= 15 is 0 Å². The quantitative estimate of drug-likeness (QED) is 0.828. The van der Waals surface area contributed by atoms with Gasteiger partial charge < -0.3 is 10.2 Å². The fourth-order valence-corrected chi connectivity index (χ4v) is 1.74. The molecule has 0 saturated heterocycles. The molecule has 0 aromatic heterocycles. The SMILES string of the molecule is CC(C)c1ccc(C(O)C(O)CBr)cc1. The summed E-state index contributed by atoms with van der Waals surface area (Å²) in [5, 5.41) is 19.6. The first-order valence-electron chi connectivity index (χ1n) is 5.08. The topological polar surface area (TPSA) is 40.5 Å². The molecule has 2 atom stereocenters. The maximum Gasteiger partial charge on any atom is 0.106 e. The predicted molar refractivity (Wildman–Crippen MR) is 65.3 cm³/mol. The van der Waals surface area contributed by atoms with Crippen molar-refractivity contribution in [3.8, 4) is 0 Å². The third-order valence-corrected chi connectivity index (χ3v) is 3.13. The Morgan fingerprint density at radius 3 is 1.93 bits per heavy atom. The van der Waals surface area contributed by atoms with Crippen molar-refractivity contribution in [3.05, 3.63) is 35.4 Å². The standard InChI is InChI=1S/C12H17BrO2/c1-8(2)9-3-5-10(6-4-9)12(15)11(14)7-13/h3-6,8,11-12,14-15H,7H2,1-2H3. The van der Waals surface area contributed by atoms with E-state index in [9.17, 15) is 10.2 Å². The fourth-order valence-electron chi connectivity index (χ4n) is 1.38.